The maximum absolute atomic E-state index is 6.18. The molecule has 0 fully saturated rings. The Balaban J connectivity index is 2.12. The van der Waals surface area contributed by atoms with Gasteiger partial charge >= 0.3 is 0 Å². The Morgan fingerprint density at radius 3 is 3.00 bits per heavy atom. The van der Waals surface area contributed by atoms with Crippen LogP contribution in [0.15, 0.2) is 18.2 Å². The summed E-state index contributed by atoms with van der Waals surface area (Å²) < 4.78 is 0. The zero-order valence-electron chi connectivity index (χ0n) is 10.5. The molecule has 0 amide bonds. The van der Waals surface area contributed by atoms with Crippen molar-refractivity contribution < 1.29 is 0 Å². The average molecular weight is 229 g/mol. The van der Waals surface area contributed by atoms with Crippen molar-refractivity contribution in [2.45, 2.75) is 12.6 Å². The molecular weight excluding hydrogens is 210 g/mol. The molecule has 17 heavy (non-hydrogen) atoms. The van der Waals surface area contributed by atoms with Crippen molar-refractivity contribution in [3.63, 3.8) is 0 Å². The standard InChI is InChI=1S/C14H19N3/c1-16(2)8-10-5-6-12-13(15)9-17-7-3-4-11(10)14(12)17/h3-6,13H,7-9,15H2,1-2H3/t13-/m0/s1. The van der Waals surface area contributed by atoms with E-state index >= 15 is 0 Å². The van der Waals surface area contributed by atoms with Crippen LogP contribution in [0.3, 0.4) is 0 Å². The fraction of sp³-hybridized carbons (Fsp3) is 0.429. The molecule has 2 aliphatic heterocycles. The number of nitrogens with two attached hydrogens (primary N) is 1. The highest BCUT2D eigenvalue weighted by Gasteiger charge is 2.29. The minimum atomic E-state index is 0.178. The summed E-state index contributed by atoms with van der Waals surface area (Å²) in [7, 11) is 4.21. The molecule has 1 aromatic rings. The molecule has 1 atom stereocenters. The highest BCUT2D eigenvalue weighted by atomic mass is 15.2. The SMILES string of the molecule is CN(C)Cc1ccc2c3c1C=CCN3C[C@@H]2N. The monoisotopic (exact) mass is 229 g/mol. The Kier molecular flexibility index (Phi) is 2.45. The molecule has 90 valence electrons. The van der Waals surface area contributed by atoms with Crippen molar-refractivity contribution in [1.29, 1.82) is 0 Å². The van der Waals surface area contributed by atoms with E-state index in [4.69, 9.17) is 5.73 Å². The minimum absolute atomic E-state index is 0.178. The molecule has 0 saturated carbocycles. The van der Waals surface area contributed by atoms with Gasteiger partial charge in [0.2, 0.25) is 0 Å². The van der Waals surface area contributed by atoms with Crippen LogP contribution < -0.4 is 10.6 Å². The summed E-state index contributed by atoms with van der Waals surface area (Å²) in [5.41, 5.74) is 11.6. The van der Waals surface area contributed by atoms with Crippen LogP contribution in [0.5, 0.6) is 0 Å². The van der Waals surface area contributed by atoms with E-state index in [1.165, 1.54) is 22.4 Å². The third-order valence-corrected chi connectivity index (χ3v) is 3.57. The minimum Gasteiger partial charge on any atom is -0.365 e. The van der Waals surface area contributed by atoms with E-state index in [1.807, 2.05) is 0 Å². The summed E-state index contributed by atoms with van der Waals surface area (Å²) in [6.45, 7) is 2.94. The Hall–Kier alpha value is -1.32. The van der Waals surface area contributed by atoms with Crippen LogP contribution in [0.2, 0.25) is 0 Å². The summed E-state index contributed by atoms with van der Waals surface area (Å²) >= 11 is 0. The molecule has 2 heterocycles. The van der Waals surface area contributed by atoms with Gasteiger partial charge in [0.05, 0.1) is 0 Å². The van der Waals surface area contributed by atoms with Gasteiger partial charge in [0.1, 0.15) is 0 Å². The predicted molar refractivity (Wildman–Crippen MR) is 72.0 cm³/mol. The fourth-order valence-corrected chi connectivity index (χ4v) is 2.87. The molecule has 0 bridgehead atoms. The summed E-state index contributed by atoms with van der Waals surface area (Å²) in [4.78, 5) is 4.61. The van der Waals surface area contributed by atoms with E-state index in [0.717, 1.165) is 19.6 Å². The third-order valence-electron chi connectivity index (χ3n) is 3.57. The second-order valence-corrected chi connectivity index (χ2v) is 5.23. The largest absolute Gasteiger partial charge is 0.365 e. The first-order chi connectivity index (χ1) is 8.16. The molecule has 0 radical (unpaired) electrons. The molecule has 0 spiro atoms. The maximum atomic E-state index is 6.18. The molecule has 2 aliphatic rings. The first kappa shape index (κ1) is 10.8. The van der Waals surface area contributed by atoms with Crippen LogP contribution in [0.1, 0.15) is 22.7 Å². The summed E-state index contributed by atoms with van der Waals surface area (Å²) in [6.07, 6.45) is 4.50. The van der Waals surface area contributed by atoms with E-state index in [-0.39, 0.29) is 6.04 Å². The van der Waals surface area contributed by atoms with E-state index in [1.54, 1.807) is 0 Å². The number of rotatable bonds is 2. The van der Waals surface area contributed by atoms with Gasteiger partial charge in [-0.05, 0) is 25.2 Å². The molecule has 3 nitrogen and oxygen atoms in total. The maximum Gasteiger partial charge on any atom is 0.0495 e. The number of hydrogen-bond donors (Lipinski definition) is 1. The summed E-state index contributed by atoms with van der Waals surface area (Å²) in [5, 5.41) is 0. The van der Waals surface area contributed by atoms with Crippen molar-refractivity contribution in [1.82, 2.24) is 4.90 Å². The molecule has 2 N–H and O–H groups in total. The van der Waals surface area contributed by atoms with Gasteiger partial charge in [0, 0.05) is 36.9 Å². The number of benzene rings is 1. The molecular formula is C14H19N3. The van der Waals surface area contributed by atoms with E-state index in [2.05, 4.69) is 48.2 Å². The zero-order valence-corrected chi connectivity index (χ0v) is 10.5. The first-order valence-corrected chi connectivity index (χ1v) is 6.14. The lowest BCUT2D eigenvalue weighted by molar-refractivity contribution is 0.402. The number of hydrogen-bond acceptors (Lipinski definition) is 3. The second kappa shape index (κ2) is 3.86. The Morgan fingerprint density at radius 1 is 1.41 bits per heavy atom. The zero-order chi connectivity index (χ0) is 12.0. The van der Waals surface area contributed by atoms with Crippen molar-refractivity contribution >= 4 is 11.8 Å². The van der Waals surface area contributed by atoms with Gasteiger partial charge in [-0.15, -0.1) is 0 Å². The van der Waals surface area contributed by atoms with Crippen LogP contribution in [0.25, 0.3) is 6.08 Å². The van der Waals surface area contributed by atoms with Gasteiger partial charge < -0.3 is 15.5 Å². The average Bonchev–Trinajstić information content (AvgIpc) is 2.60. The molecule has 1 aromatic carbocycles. The van der Waals surface area contributed by atoms with Crippen molar-refractivity contribution in [2.75, 3.05) is 32.1 Å². The Labute approximate surface area is 103 Å². The molecule has 0 saturated heterocycles. The highest BCUT2D eigenvalue weighted by Crippen LogP contribution is 2.40. The molecule has 0 aromatic heterocycles. The smallest absolute Gasteiger partial charge is 0.0495 e. The lowest BCUT2D eigenvalue weighted by Crippen LogP contribution is -2.26. The van der Waals surface area contributed by atoms with Crippen molar-refractivity contribution in [2.24, 2.45) is 5.73 Å². The molecule has 0 unspecified atom stereocenters. The van der Waals surface area contributed by atoms with Gasteiger partial charge in [-0.25, -0.2) is 0 Å². The van der Waals surface area contributed by atoms with Gasteiger partial charge in [0.25, 0.3) is 0 Å². The summed E-state index contributed by atoms with van der Waals surface area (Å²) in [5.74, 6) is 0. The van der Waals surface area contributed by atoms with E-state index < -0.39 is 0 Å². The lowest BCUT2D eigenvalue weighted by atomic mass is 9.97. The van der Waals surface area contributed by atoms with Gasteiger partial charge in [-0.2, -0.15) is 0 Å². The van der Waals surface area contributed by atoms with Gasteiger partial charge in [0.15, 0.2) is 0 Å². The lowest BCUT2D eigenvalue weighted by Gasteiger charge is -2.25. The molecule has 3 heteroatoms. The fourth-order valence-electron chi connectivity index (χ4n) is 2.87. The Bertz CT molecular complexity index is 477. The van der Waals surface area contributed by atoms with Crippen LogP contribution in [0, 0.1) is 0 Å². The second-order valence-electron chi connectivity index (χ2n) is 5.23. The van der Waals surface area contributed by atoms with Crippen molar-refractivity contribution in [3.05, 3.63) is 34.9 Å². The first-order valence-electron chi connectivity index (χ1n) is 6.14. The van der Waals surface area contributed by atoms with Crippen LogP contribution in [0.4, 0.5) is 5.69 Å². The topological polar surface area (TPSA) is 32.5 Å². The molecule has 3 rings (SSSR count). The summed E-state index contributed by atoms with van der Waals surface area (Å²) in [6, 6.07) is 4.62. The van der Waals surface area contributed by atoms with Crippen molar-refractivity contribution in [3.8, 4) is 0 Å². The number of anilines is 1. The predicted octanol–water partition coefficient (Wildman–Crippen LogP) is 1.59. The van der Waals surface area contributed by atoms with Crippen LogP contribution >= 0.6 is 0 Å². The van der Waals surface area contributed by atoms with E-state index in [0.29, 0.717) is 0 Å². The third kappa shape index (κ3) is 1.66. The normalized spacial score (nSPS) is 21.2. The van der Waals surface area contributed by atoms with Gasteiger partial charge in [-0.1, -0.05) is 24.3 Å². The van der Waals surface area contributed by atoms with Crippen LogP contribution in [-0.4, -0.2) is 32.1 Å². The van der Waals surface area contributed by atoms with Gasteiger partial charge in [-0.3, -0.25) is 0 Å². The number of nitrogens with zero attached hydrogens (tertiary/aromatic N) is 2. The highest BCUT2D eigenvalue weighted by molar-refractivity contribution is 5.79. The van der Waals surface area contributed by atoms with E-state index in [9.17, 15) is 0 Å². The molecule has 0 aliphatic carbocycles. The Morgan fingerprint density at radius 2 is 2.24 bits per heavy atom. The van der Waals surface area contributed by atoms with Crippen LogP contribution in [-0.2, 0) is 6.54 Å². The quantitative estimate of drug-likeness (QED) is 0.836.